The maximum atomic E-state index is 12.2. The van der Waals surface area contributed by atoms with Crippen molar-refractivity contribution >= 4 is 28.0 Å². The maximum Gasteiger partial charge on any atom is 0.253 e. The third-order valence-electron chi connectivity index (χ3n) is 5.43. The summed E-state index contributed by atoms with van der Waals surface area (Å²) in [5.41, 5.74) is 1.50. The second kappa shape index (κ2) is 9.47. The van der Waals surface area contributed by atoms with E-state index in [-0.39, 0.29) is 42.5 Å². The molecule has 0 unspecified atom stereocenters. The minimum absolute atomic E-state index is 0.0299. The molecule has 3 N–H and O–H groups in total. The highest BCUT2D eigenvalue weighted by molar-refractivity contribution is 6.05. The highest BCUT2D eigenvalue weighted by Crippen LogP contribution is 2.27. The lowest BCUT2D eigenvalue weighted by Crippen LogP contribution is -2.25. The molecule has 1 aromatic carbocycles. The summed E-state index contributed by atoms with van der Waals surface area (Å²) in [6.45, 7) is 0.0916. The summed E-state index contributed by atoms with van der Waals surface area (Å²) in [7, 11) is 1.45. The highest BCUT2D eigenvalue weighted by Gasteiger charge is 2.24. The SMILES string of the molecule is COC/C(O)=C/C(=N)c1nnc2c3ccccc3c(OCc3ccc(C(=O)NC4CC4)cn3)nn12. The van der Waals surface area contributed by atoms with Crippen LogP contribution in [0.25, 0.3) is 16.4 Å². The van der Waals surface area contributed by atoms with Gasteiger partial charge in [0.1, 0.15) is 24.7 Å². The van der Waals surface area contributed by atoms with Gasteiger partial charge in [-0.05, 0) is 31.0 Å². The number of nitrogens with zero attached hydrogens (tertiary/aromatic N) is 5. The first kappa shape index (κ1) is 22.4. The van der Waals surface area contributed by atoms with E-state index in [1.807, 2.05) is 24.3 Å². The Kier molecular flexibility index (Phi) is 6.06. The van der Waals surface area contributed by atoms with E-state index in [2.05, 4.69) is 25.6 Å². The van der Waals surface area contributed by atoms with Gasteiger partial charge in [0.25, 0.3) is 5.91 Å². The summed E-state index contributed by atoms with van der Waals surface area (Å²) in [5.74, 6) is 0.206. The zero-order valence-corrected chi connectivity index (χ0v) is 18.9. The Morgan fingerprint density at radius 2 is 2.03 bits per heavy atom. The van der Waals surface area contributed by atoms with Gasteiger partial charge in [-0.2, -0.15) is 4.52 Å². The molecule has 0 bridgehead atoms. The van der Waals surface area contributed by atoms with Crippen LogP contribution in [0, 0.1) is 5.41 Å². The van der Waals surface area contributed by atoms with Crippen LogP contribution in [-0.4, -0.2) is 61.3 Å². The predicted octanol–water partition coefficient (Wildman–Crippen LogP) is 2.60. The molecule has 4 aromatic rings. The van der Waals surface area contributed by atoms with Crippen LogP contribution in [-0.2, 0) is 11.3 Å². The summed E-state index contributed by atoms with van der Waals surface area (Å²) >= 11 is 0. The second-order valence-electron chi connectivity index (χ2n) is 8.17. The van der Waals surface area contributed by atoms with Crippen molar-refractivity contribution in [2.24, 2.45) is 0 Å². The molecule has 0 radical (unpaired) electrons. The van der Waals surface area contributed by atoms with Crippen molar-refractivity contribution in [2.45, 2.75) is 25.5 Å². The molecule has 0 aliphatic heterocycles. The minimum atomic E-state index is -0.126. The standard InChI is InChI=1S/C24H23N7O4/c1-34-13-17(32)10-20(25)22-29-28-21-18-4-2-3-5-19(18)24(30-31(21)22)35-12-16-7-6-14(11-26-16)23(33)27-15-8-9-15/h2-7,10-11,15,25,32H,8-9,12-13H2,1H3,(H,27,33)/b17-10-,25-20?. The predicted molar refractivity (Wildman–Crippen MR) is 127 cm³/mol. The van der Waals surface area contributed by atoms with Gasteiger partial charge in [-0.15, -0.1) is 15.3 Å². The number of allylic oxidation sites excluding steroid dienone is 1. The number of ether oxygens (including phenoxy) is 2. The largest absolute Gasteiger partial charge is 0.510 e. The van der Waals surface area contributed by atoms with Crippen LogP contribution in [0.1, 0.15) is 34.7 Å². The zero-order chi connectivity index (χ0) is 24.4. The van der Waals surface area contributed by atoms with Crippen LogP contribution in [0.3, 0.4) is 0 Å². The summed E-state index contributed by atoms with van der Waals surface area (Å²) < 4.78 is 12.3. The van der Waals surface area contributed by atoms with E-state index in [1.54, 1.807) is 12.1 Å². The Hall–Kier alpha value is -4.38. The first-order chi connectivity index (χ1) is 17.0. The van der Waals surface area contributed by atoms with E-state index in [0.29, 0.717) is 22.8 Å². The smallest absolute Gasteiger partial charge is 0.253 e. The number of hydrogen-bond donors (Lipinski definition) is 3. The maximum absolute atomic E-state index is 12.2. The van der Waals surface area contributed by atoms with Crippen molar-refractivity contribution in [2.75, 3.05) is 13.7 Å². The normalized spacial score (nSPS) is 13.8. The molecule has 178 valence electrons. The molecule has 5 rings (SSSR count). The summed E-state index contributed by atoms with van der Waals surface area (Å²) in [6, 6.07) is 11.2. The van der Waals surface area contributed by atoms with Crippen LogP contribution < -0.4 is 10.1 Å². The number of carbonyl (C=O) groups is 1. The molecule has 35 heavy (non-hydrogen) atoms. The Balaban J connectivity index is 1.42. The number of hydrogen-bond acceptors (Lipinski definition) is 9. The highest BCUT2D eigenvalue weighted by atomic mass is 16.5. The molecule has 11 nitrogen and oxygen atoms in total. The van der Waals surface area contributed by atoms with Gasteiger partial charge in [0, 0.05) is 36.2 Å². The van der Waals surface area contributed by atoms with E-state index in [4.69, 9.17) is 14.9 Å². The van der Waals surface area contributed by atoms with E-state index in [0.717, 1.165) is 23.6 Å². The van der Waals surface area contributed by atoms with Crippen LogP contribution in [0.15, 0.2) is 54.4 Å². The van der Waals surface area contributed by atoms with Gasteiger partial charge in [0.05, 0.1) is 11.3 Å². The fraction of sp³-hybridized carbons (Fsp3) is 0.250. The Morgan fingerprint density at radius 3 is 2.74 bits per heavy atom. The average molecular weight is 473 g/mol. The number of carbonyl (C=O) groups excluding carboxylic acids is 1. The number of benzene rings is 1. The number of nitrogens with one attached hydrogen (secondary N) is 2. The Morgan fingerprint density at radius 1 is 1.23 bits per heavy atom. The van der Waals surface area contributed by atoms with Crippen LogP contribution in [0.2, 0.25) is 0 Å². The molecule has 11 heteroatoms. The summed E-state index contributed by atoms with van der Waals surface area (Å²) in [5, 5.41) is 35.4. The van der Waals surface area contributed by atoms with Gasteiger partial charge < -0.3 is 19.9 Å². The average Bonchev–Trinajstić information content (AvgIpc) is 3.57. The lowest BCUT2D eigenvalue weighted by Gasteiger charge is -2.10. The van der Waals surface area contributed by atoms with Gasteiger partial charge in [-0.1, -0.05) is 18.2 Å². The number of aliphatic hydroxyl groups is 1. The number of aromatic nitrogens is 5. The van der Waals surface area contributed by atoms with Crippen molar-refractivity contribution in [3.63, 3.8) is 0 Å². The molecular weight excluding hydrogens is 450 g/mol. The van der Waals surface area contributed by atoms with Crippen LogP contribution in [0.5, 0.6) is 5.88 Å². The van der Waals surface area contributed by atoms with E-state index in [1.165, 1.54) is 23.9 Å². The number of pyridine rings is 1. The molecule has 0 spiro atoms. The van der Waals surface area contributed by atoms with Crippen molar-refractivity contribution in [1.82, 2.24) is 30.1 Å². The van der Waals surface area contributed by atoms with Crippen molar-refractivity contribution in [1.29, 1.82) is 5.41 Å². The molecule has 0 saturated heterocycles. The number of aliphatic hydroxyl groups excluding tert-OH is 1. The third-order valence-corrected chi connectivity index (χ3v) is 5.43. The van der Waals surface area contributed by atoms with E-state index in [9.17, 15) is 9.90 Å². The molecular formula is C24H23N7O4. The van der Waals surface area contributed by atoms with Crippen molar-refractivity contribution in [3.8, 4) is 5.88 Å². The number of rotatable bonds is 9. The van der Waals surface area contributed by atoms with Crippen molar-refractivity contribution in [3.05, 3.63) is 71.5 Å². The Labute approximate surface area is 199 Å². The first-order valence-corrected chi connectivity index (χ1v) is 11.0. The molecule has 1 amide bonds. The first-order valence-electron chi connectivity index (χ1n) is 11.0. The second-order valence-corrected chi connectivity index (χ2v) is 8.17. The van der Waals surface area contributed by atoms with Crippen LogP contribution >= 0.6 is 0 Å². The van der Waals surface area contributed by atoms with Gasteiger partial charge in [0.15, 0.2) is 5.65 Å². The fourth-order valence-corrected chi connectivity index (χ4v) is 3.53. The fourth-order valence-electron chi connectivity index (χ4n) is 3.53. The zero-order valence-electron chi connectivity index (χ0n) is 18.9. The Bertz CT molecular complexity index is 1440. The van der Waals surface area contributed by atoms with Crippen molar-refractivity contribution < 1.29 is 19.4 Å². The number of methoxy groups -OCH3 is 1. The molecule has 1 fully saturated rings. The minimum Gasteiger partial charge on any atom is -0.510 e. The molecule has 0 atom stereocenters. The van der Waals surface area contributed by atoms with Gasteiger partial charge in [0.2, 0.25) is 11.7 Å². The number of fused-ring (bicyclic) bond motifs is 3. The lowest BCUT2D eigenvalue weighted by molar-refractivity contribution is 0.0950. The summed E-state index contributed by atoms with van der Waals surface area (Å²) in [4.78, 5) is 16.5. The molecule has 1 aliphatic rings. The third kappa shape index (κ3) is 4.80. The quantitative estimate of drug-likeness (QED) is 0.248. The lowest BCUT2D eigenvalue weighted by atomic mass is 10.2. The summed E-state index contributed by atoms with van der Waals surface area (Å²) in [6.07, 6.45) is 4.81. The molecule has 1 saturated carbocycles. The van der Waals surface area contributed by atoms with E-state index >= 15 is 0 Å². The monoisotopic (exact) mass is 473 g/mol. The van der Waals surface area contributed by atoms with Gasteiger partial charge in [-0.3, -0.25) is 15.2 Å². The molecule has 3 aromatic heterocycles. The van der Waals surface area contributed by atoms with Crippen LogP contribution in [0.4, 0.5) is 0 Å². The topological polar surface area (TPSA) is 148 Å². The molecule has 1 aliphatic carbocycles. The van der Waals surface area contributed by atoms with Gasteiger partial charge in [-0.25, -0.2) is 0 Å². The molecule has 3 heterocycles. The van der Waals surface area contributed by atoms with Gasteiger partial charge >= 0.3 is 0 Å². The number of amides is 1. The van der Waals surface area contributed by atoms with E-state index < -0.39 is 0 Å².